The highest BCUT2D eigenvalue weighted by molar-refractivity contribution is 6.31. The fourth-order valence-corrected chi connectivity index (χ4v) is 2.81. The van der Waals surface area contributed by atoms with Crippen molar-refractivity contribution in [2.45, 2.75) is 20.3 Å². The van der Waals surface area contributed by atoms with E-state index in [-0.39, 0.29) is 0 Å². The van der Waals surface area contributed by atoms with Gasteiger partial charge in [0.25, 0.3) is 0 Å². The third kappa shape index (κ3) is 3.16. The van der Waals surface area contributed by atoms with Gasteiger partial charge in [-0.15, -0.1) is 0 Å². The highest BCUT2D eigenvalue weighted by Crippen LogP contribution is 2.28. The third-order valence-electron chi connectivity index (χ3n) is 3.98. The van der Waals surface area contributed by atoms with Crippen molar-refractivity contribution in [3.8, 4) is 16.9 Å². The van der Waals surface area contributed by atoms with Gasteiger partial charge in [-0.05, 0) is 44.2 Å². The minimum Gasteiger partial charge on any atom is -0.330 e. The molecule has 0 radical (unpaired) electrons. The van der Waals surface area contributed by atoms with Crippen molar-refractivity contribution in [1.82, 2.24) is 9.78 Å². The second-order valence-corrected chi connectivity index (χ2v) is 6.13. The number of halogens is 1. The van der Waals surface area contributed by atoms with Gasteiger partial charge in [0.15, 0.2) is 0 Å². The Kier molecular flexibility index (Phi) is 4.51. The number of hydrogen-bond acceptors (Lipinski definition) is 2. The molecule has 0 saturated carbocycles. The highest BCUT2D eigenvalue weighted by Gasteiger charge is 2.14. The van der Waals surface area contributed by atoms with E-state index in [1.54, 1.807) is 0 Å². The lowest BCUT2D eigenvalue weighted by Gasteiger charge is -2.11. The Labute approximate surface area is 141 Å². The molecule has 3 aromatic rings. The fourth-order valence-electron chi connectivity index (χ4n) is 2.64. The van der Waals surface area contributed by atoms with E-state index in [1.165, 1.54) is 5.56 Å². The number of hydrogen-bond donors (Lipinski definition) is 1. The zero-order valence-electron chi connectivity index (χ0n) is 13.4. The van der Waals surface area contributed by atoms with Crippen LogP contribution in [0.4, 0.5) is 0 Å². The number of aryl methyl sites for hydroxylation is 1. The summed E-state index contributed by atoms with van der Waals surface area (Å²) in [6, 6.07) is 16.5. The van der Waals surface area contributed by atoms with Crippen molar-refractivity contribution < 1.29 is 0 Å². The van der Waals surface area contributed by atoms with Crippen LogP contribution in [0, 0.1) is 13.8 Å². The lowest BCUT2D eigenvalue weighted by atomic mass is 10.1. The predicted molar refractivity (Wildman–Crippen MR) is 96.2 cm³/mol. The van der Waals surface area contributed by atoms with Crippen molar-refractivity contribution >= 4 is 11.6 Å². The first-order chi connectivity index (χ1) is 11.1. The van der Waals surface area contributed by atoms with E-state index >= 15 is 0 Å². The normalized spacial score (nSPS) is 11.0. The van der Waals surface area contributed by atoms with E-state index in [1.807, 2.05) is 29.8 Å². The van der Waals surface area contributed by atoms with Crippen molar-refractivity contribution in [3.63, 3.8) is 0 Å². The lowest BCUT2D eigenvalue weighted by molar-refractivity contribution is 0.822. The Bertz CT molecular complexity index is 819. The van der Waals surface area contributed by atoms with E-state index in [9.17, 15) is 0 Å². The Morgan fingerprint density at radius 3 is 2.52 bits per heavy atom. The summed E-state index contributed by atoms with van der Waals surface area (Å²) in [5, 5.41) is 5.49. The summed E-state index contributed by atoms with van der Waals surface area (Å²) in [7, 11) is 0. The number of nitrogens with two attached hydrogens (primary N) is 1. The SMILES string of the molecule is Cc1ccc(-c2cc(CCN)nn2-c2cccc(Cl)c2C)cc1. The van der Waals surface area contributed by atoms with Crippen molar-refractivity contribution in [2.75, 3.05) is 6.54 Å². The molecule has 1 heterocycles. The summed E-state index contributed by atoms with van der Waals surface area (Å²) in [5.74, 6) is 0. The van der Waals surface area contributed by atoms with Gasteiger partial charge < -0.3 is 5.73 Å². The van der Waals surface area contributed by atoms with E-state index in [4.69, 9.17) is 22.4 Å². The molecule has 4 heteroatoms. The molecule has 0 aliphatic heterocycles. The van der Waals surface area contributed by atoms with Gasteiger partial charge in [0.05, 0.1) is 17.1 Å². The van der Waals surface area contributed by atoms with Crippen LogP contribution >= 0.6 is 11.6 Å². The van der Waals surface area contributed by atoms with Crippen LogP contribution in [0.5, 0.6) is 0 Å². The smallest absolute Gasteiger partial charge is 0.0743 e. The Hall–Kier alpha value is -2.10. The van der Waals surface area contributed by atoms with E-state index in [0.717, 1.165) is 39.6 Å². The van der Waals surface area contributed by atoms with Gasteiger partial charge in [0.2, 0.25) is 0 Å². The van der Waals surface area contributed by atoms with Crippen LogP contribution in [-0.4, -0.2) is 16.3 Å². The van der Waals surface area contributed by atoms with Crippen molar-refractivity contribution in [3.05, 3.63) is 70.4 Å². The molecule has 0 unspecified atom stereocenters. The molecule has 23 heavy (non-hydrogen) atoms. The van der Waals surface area contributed by atoms with Crippen molar-refractivity contribution in [1.29, 1.82) is 0 Å². The summed E-state index contributed by atoms with van der Waals surface area (Å²) < 4.78 is 1.97. The molecule has 0 bridgehead atoms. The van der Waals surface area contributed by atoms with Crippen LogP contribution in [0.3, 0.4) is 0 Å². The average molecular weight is 326 g/mol. The second-order valence-electron chi connectivity index (χ2n) is 5.72. The summed E-state index contributed by atoms with van der Waals surface area (Å²) >= 11 is 6.29. The number of benzene rings is 2. The van der Waals surface area contributed by atoms with Gasteiger partial charge in [-0.2, -0.15) is 5.10 Å². The molecular weight excluding hydrogens is 306 g/mol. The van der Waals surface area contributed by atoms with Crippen LogP contribution in [-0.2, 0) is 6.42 Å². The monoisotopic (exact) mass is 325 g/mol. The maximum Gasteiger partial charge on any atom is 0.0743 e. The standard InChI is InChI=1S/C19H20ClN3/c1-13-6-8-15(9-7-13)19-12-16(10-11-21)22-23(19)18-5-3-4-17(20)14(18)2/h3-9,12H,10-11,21H2,1-2H3. The molecule has 0 atom stereocenters. The summed E-state index contributed by atoms with van der Waals surface area (Å²) in [4.78, 5) is 0. The fraction of sp³-hybridized carbons (Fsp3) is 0.211. The highest BCUT2D eigenvalue weighted by atomic mass is 35.5. The van der Waals surface area contributed by atoms with Gasteiger partial charge in [0, 0.05) is 17.0 Å². The Morgan fingerprint density at radius 1 is 1.09 bits per heavy atom. The molecule has 1 aromatic heterocycles. The van der Waals surface area contributed by atoms with Gasteiger partial charge in [-0.1, -0.05) is 47.5 Å². The molecule has 0 amide bonds. The molecule has 0 saturated heterocycles. The maximum atomic E-state index is 6.29. The minimum atomic E-state index is 0.582. The molecule has 2 N–H and O–H groups in total. The van der Waals surface area contributed by atoms with Gasteiger partial charge in [-0.3, -0.25) is 0 Å². The largest absolute Gasteiger partial charge is 0.330 e. The first-order valence-electron chi connectivity index (χ1n) is 7.71. The molecule has 2 aromatic carbocycles. The zero-order valence-corrected chi connectivity index (χ0v) is 14.1. The molecule has 118 valence electrons. The maximum absolute atomic E-state index is 6.29. The van der Waals surface area contributed by atoms with Crippen LogP contribution in [0.15, 0.2) is 48.5 Å². The lowest BCUT2D eigenvalue weighted by Crippen LogP contribution is -2.05. The molecule has 0 aliphatic rings. The quantitative estimate of drug-likeness (QED) is 0.776. The van der Waals surface area contributed by atoms with Crippen LogP contribution in [0.1, 0.15) is 16.8 Å². The Morgan fingerprint density at radius 2 is 1.83 bits per heavy atom. The average Bonchev–Trinajstić information content (AvgIpc) is 2.95. The second kappa shape index (κ2) is 6.57. The zero-order chi connectivity index (χ0) is 16.4. The Balaban J connectivity index is 2.18. The molecule has 0 aliphatic carbocycles. The number of nitrogens with zero attached hydrogens (tertiary/aromatic N) is 2. The summed E-state index contributed by atoms with van der Waals surface area (Å²) in [6.07, 6.45) is 0.755. The molecule has 3 nitrogen and oxygen atoms in total. The summed E-state index contributed by atoms with van der Waals surface area (Å²) in [5.41, 5.74) is 12.1. The van der Waals surface area contributed by atoms with Gasteiger partial charge in [0.1, 0.15) is 0 Å². The van der Waals surface area contributed by atoms with Gasteiger partial charge >= 0.3 is 0 Å². The molecule has 0 spiro atoms. The topological polar surface area (TPSA) is 43.8 Å². The van der Waals surface area contributed by atoms with Crippen molar-refractivity contribution in [2.24, 2.45) is 5.73 Å². The first-order valence-corrected chi connectivity index (χ1v) is 8.09. The predicted octanol–water partition coefficient (Wildman–Crippen LogP) is 4.31. The third-order valence-corrected chi connectivity index (χ3v) is 4.38. The minimum absolute atomic E-state index is 0.582. The number of rotatable bonds is 4. The number of aromatic nitrogens is 2. The van der Waals surface area contributed by atoms with E-state index < -0.39 is 0 Å². The molecule has 0 fully saturated rings. The van der Waals surface area contributed by atoms with Gasteiger partial charge in [-0.25, -0.2) is 4.68 Å². The van der Waals surface area contributed by atoms with Crippen LogP contribution < -0.4 is 5.73 Å². The van der Waals surface area contributed by atoms with Crippen LogP contribution in [0.2, 0.25) is 5.02 Å². The van der Waals surface area contributed by atoms with Crippen LogP contribution in [0.25, 0.3) is 16.9 Å². The first kappa shape index (κ1) is 15.8. The van der Waals surface area contributed by atoms with E-state index in [2.05, 4.69) is 37.3 Å². The molecular formula is C19H20ClN3. The molecule has 3 rings (SSSR count). The summed E-state index contributed by atoms with van der Waals surface area (Å²) in [6.45, 7) is 4.68. The van der Waals surface area contributed by atoms with E-state index in [0.29, 0.717) is 6.54 Å².